The normalized spacial score (nSPS) is 13.8. The molecule has 0 aliphatic rings. The summed E-state index contributed by atoms with van der Waals surface area (Å²) in [4.78, 5) is 17.8. The molecule has 1 aromatic heterocycles. The fraction of sp³-hybridized carbons (Fsp3) is 0.556. The number of hydrogen-bond acceptors (Lipinski definition) is 8. The van der Waals surface area contributed by atoms with Gasteiger partial charge in [0, 0.05) is 6.04 Å². The lowest BCUT2D eigenvalue weighted by Crippen LogP contribution is -2.22. The first kappa shape index (κ1) is 14.1. The number of anilines is 2. The zero-order valence-electron chi connectivity index (χ0n) is 10.1. The van der Waals surface area contributed by atoms with Crippen molar-refractivity contribution in [2.45, 2.75) is 32.4 Å². The second-order valence-corrected chi connectivity index (χ2v) is 3.95. The molecule has 0 saturated heterocycles. The van der Waals surface area contributed by atoms with Crippen LogP contribution in [0.15, 0.2) is 6.33 Å². The van der Waals surface area contributed by atoms with Gasteiger partial charge in [-0.25, -0.2) is 15.8 Å². The summed E-state index contributed by atoms with van der Waals surface area (Å²) in [5.74, 6) is 5.15. The summed E-state index contributed by atoms with van der Waals surface area (Å²) in [6, 6.07) is -0.177. The summed E-state index contributed by atoms with van der Waals surface area (Å²) in [7, 11) is 0. The quantitative estimate of drug-likeness (QED) is 0.322. The molecule has 9 nitrogen and oxygen atoms in total. The van der Waals surface area contributed by atoms with Gasteiger partial charge in [0.2, 0.25) is 11.6 Å². The maximum atomic E-state index is 10.9. The smallest absolute Gasteiger partial charge is 0.354 e. The molecule has 0 spiro atoms. The molecule has 100 valence electrons. The predicted octanol–water partition coefficient (Wildman–Crippen LogP) is 0.242. The second kappa shape index (κ2) is 6.07. The highest BCUT2D eigenvalue weighted by Crippen LogP contribution is 2.28. The van der Waals surface area contributed by atoms with Crippen molar-refractivity contribution >= 4 is 17.3 Å². The molecular weight excluding hydrogens is 240 g/mol. The molecule has 5 N–H and O–H groups in total. The average Bonchev–Trinajstić information content (AvgIpc) is 2.26. The first-order chi connectivity index (χ1) is 8.45. The van der Waals surface area contributed by atoms with Crippen LogP contribution < -0.4 is 16.6 Å². The zero-order valence-corrected chi connectivity index (χ0v) is 10.1. The van der Waals surface area contributed by atoms with Gasteiger partial charge < -0.3 is 15.8 Å². The first-order valence-electron chi connectivity index (χ1n) is 5.36. The van der Waals surface area contributed by atoms with Gasteiger partial charge in [0.1, 0.15) is 6.33 Å². The Balaban J connectivity index is 2.98. The number of nitrogens with zero attached hydrogens (tertiary/aromatic N) is 3. The number of aliphatic hydroxyl groups excluding tert-OH is 1. The Kier molecular flexibility index (Phi) is 4.75. The summed E-state index contributed by atoms with van der Waals surface area (Å²) < 4.78 is 0. The van der Waals surface area contributed by atoms with E-state index in [1.165, 1.54) is 6.33 Å². The number of nitrogen functional groups attached to an aromatic ring is 1. The lowest BCUT2D eigenvalue weighted by Gasteiger charge is -2.16. The summed E-state index contributed by atoms with van der Waals surface area (Å²) in [5, 5.41) is 23.0. The minimum absolute atomic E-state index is 0.0658. The van der Waals surface area contributed by atoms with E-state index in [1.54, 1.807) is 13.8 Å². The lowest BCUT2D eigenvalue weighted by atomic mass is 10.1. The molecule has 0 radical (unpaired) electrons. The van der Waals surface area contributed by atoms with Crippen molar-refractivity contribution in [3.05, 3.63) is 16.4 Å². The standard InChI is InChI=1S/C9H16N6O3/c1-5(3-6(2)16)13-8-7(15(17)18)9(14-10)12-4-11-8/h4-6,16H,3,10H2,1-2H3,(H2,11,12,13,14). The fourth-order valence-electron chi connectivity index (χ4n) is 1.57. The van der Waals surface area contributed by atoms with Crippen LogP contribution in [0.3, 0.4) is 0 Å². The van der Waals surface area contributed by atoms with Gasteiger partial charge in [-0.15, -0.1) is 0 Å². The largest absolute Gasteiger partial charge is 0.393 e. The summed E-state index contributed by atoms with van der Waals surface area (Å²) >= 11 is 0. The zero-order chi connectivity index (χ0) is 13.7. The van der Waals surface area contributed by atoms with Crippen LogP contribution in [0.5, 0.6) is 0 Å². The van der Waals surface area contributed by atoms with Crippen molar-refractivity contribution in [1.82, 2.24) is 9.97 Å². The van der Waals surface area contributed by atoms with Gasteiger partial charge in [-0.05, 0) is 20.3 Å². The monoisotopic (exact) mass is 256 g/mol. The Morgan fingerprint density at radius 2 is 2.11 bits per heavy atom. The number of nitro groups is 1. The number of rotatable bonds is 6. The van der Waals surface area contributed by atoms with Crippen LogP contribution in [0.1, 0.15) is 20.3 Å². The second-order valence-electron chi connectivity index (χ2n) is 3.95. The molecule has 0 aliphatic carbocycles. The van der Waals surface area contributed by atoms with Crippen LogP contribution in [-0.2, 0) is 0 Å². The third kappa shape index (κ3) is 3.50. The Morgan fingerprint density at radius 3 is 2.61 bits per heavy atom. The molecule has 0 amide bonds. The topological polar surface area (TPSA) is 139 Å². The van der Waals surface area contributed by atoms with E-state index in [0.717, 1.165) is 0 Å². The lowest BCUT2D eigenvalue weighted by molar-refractivity contribution is -0.383. The van der Waals surface area contributed by atoms with Gasteiger partial charge >= 0.3 is 5.69 Å². The number of hydrazine groups is 1. The van der Waals surface area contributed by atoms with Gasteiger partial charge in [0.15, 0.2) is 0 Å². The molecule has 2 unspecified atom stereocenters. The third-order valence-electron chi connectivity index (χ3n) is 2.22. The molecule has 0 fully saturated rings. The number of nitrogens with one attached hydrogen (secondary N) is 2. The molecule has 0 aromatic carbocycles. The van der Waals surface area contributed by atoms with Crippen molar-refractivity contribution in [3.8, 4) is 0 Å². The molecular formula is C9H16N6O3. The van der Waals surface area contributed by atoms with Crippen LogP contribution in [0.25, 0.3) is 0 Å². The molecule has 18 heavy (non-hydrogen) atoms. The van der Waals surface area contributed by atoms with E-state index < -0.39 is 11.0 Å². The van der Waals surface area contributed by atoms with Crippen LogP contribution in [0.4, 0.5) is 17.3 Å². The average molecular weight is 256 g/mol. The van der Waals surface area contributed by atoms with Gasteiger partial charge in [0.05, 0.1) is 11.0 Å². The Hall–Kier alpha value is -2.00. The molecule has 1 aromatic rings. The van der Waals surface area contributed by atoms with Crippen molar-refractivity contribution in [2.24, 2.45) is 5.84 Å². The molecule has 0 aliphatic heterocycles. The molecule has 0 saturated carbocycles. The van der Waals surface area contributed by atoms with Gasteiger partial charge in [-0.2, -0.15) is 0 Å². The predicted molar refractivity (Wildman–Crippen MR) is 65.9 cm³/mol. The SMILES string of the molecule is CC(O)CC(C)Nc1ncnc(NN)c1[N+](=O)[O-]. The third-order valence-corrected chi connectivity index (χ3v) is 2.22. The first-order valence-corrected chi connectivity index (χ1v) is 5.36. The number of nitrogens with two attached hydrogens (primary N) is 1. The van der Waals surface area contributed by atoms with Gasteiger partial charge in [-0.1, -0.05) is 0 Å². The maximum Gasteiger partial charge on any atom is 0.354 e. The van der Waals surface area contributed by atoms with E-state index in [0.29, 0.717) is 6.42 Å². The number of aliphatic hydroxyl groups is 1. The van der Waals surface area contributed by atoms with E-state index in [9.17, 15) is 15.2 Å². The van der Waals surface area contributed by atoms with Crippen LogP contribution in [0, 0.1) is 10.1 Å². The molecule has 9 heteroatoms. The van der Waals surface area contributed by atoms with Crippen LogP contribution in [-0.4, -0.2) is 32.1 Å². The van der Waals surface area contributed by atoms with E-state index in [1.807, 2.05) is 0 Å². The highest BCUT2D eigenvalue weighted by molar-refractivity contribution is 5.68. The minimum atomic E-state index is -0.618. The molecule has 2 atom stereocenters. The molecule has 1 rings (SSSR count). The van der Waals surface area contributed by atoms with Gasteiger partial charge in [-0.3, -0.25) is 10.1 Å². The van der Waals surface area contributed by atoms with E-state index in [2.05, 4.69) is 20.7 Å². The van der Waals surface area contributed by atoms with Crippen molar-refractivity contribution in [2.75, 3.05) is 10.7 Å². The number of aromatic nitrogens is 2. The fourth-order valence-corrected chi connectivity index (χ4v) is 1.57. The molecule has 1 heterocycles. The summed E-state index contributed by atoms with van der Waals surface area (Å²) in [5.41, 5.74) is 1.83. The Bertz CT molecular complexity index is 425. The maximum absolute atomic E-state index is 10.9. The highest BCUT2D eigenvalue weighted by atomic mass is 16.6. The van der Waals surface area contributed by atoms with Crippen molar-refractivity contribution in [1.29, 1.82) is 0 Å². The Labute approximate surface area is 104 Å². The van der Waals surface area contributed by atoms with E-state index >= 15 is 0 Å². The van der Waals surface area contributed by atoms with Crippen molar-refractivity contribution < 1.29 is 10.0 Å². The van der Waals surface area contributed by atoms with Crippen molar-refractivity contribution in [3.63, 3.8) is 0 Å². The molecule has 0 bridgehead atoms. The van der Waals surface area contributed by atoms with Gasteiger partial charge in [0.25, 0.3) is 0 Å². The minimum Gasteiger partial charge on any atom is -0.393 e. The number of hydrogen-bond donors (Lipinski definition) is 4. The summed E-state index contributed by atoms with van der Waals surface area (Å²) in [6.07, 6.45) is 1.09. The van der Waals surface area contributed by atoms with Crippen LogP contribution >= 0.6 is 0 Å². The van der Waals surface area contributed by atoms with Crippen LogP contribution in [0.2, 0.25) is 0 Å². The van der Waals surface area contributed by atoms with E-state index in [4.69, 9.17) is 5.84 Å². The Morgan fingerprint density at radius 1 is 1.50 bits per heavy atom. The van der Waals surface area contributed by atoms with E-state index in [-0.39, 0.29) is 23.4 Å². The summed E-state index contributed by atoms with van der Waals surface area (Å²) in [6.45, 7) is 3.42. The highest BCUT2D eigenvalue weighted by Gasteiger charge is 2.23.